The molecule has 1 aliphatic rings. The van der Waals surface area contributed by atoms with Gasteiger partial charge in [0, 0.05) is 12.0 Å². The van der Waals surface area contributed by atoms with Crippen molar-refractivity contribution < 1.29 is 9.79 Å². The average molecular weight is 111 g/mol. The molecule has 1 aliphatic heterocycles. The Hall–Kier alpha value is -1.12. The zero-order chi connectivity index (χ0) is 5.98. The van der Waals surface area contributed by atoms with Crippen molar-refractivity contribution in [1.82, 2.24) is 0 Å². The van der Waals surface area contributed by atoms with Crippen LogP contribution in [-0.2, 0) is 0 Å². The Kier molecular flexibility index (Phi) is 1.12. The van der Waals surface area contributed by atoms with E-state index in [1.54, 1.807) is 13.1 Å². The SMILES string of the molecule is C/C=[N+]1\N=CC=C1O. The number of allylic oxidation sites excluding steroid dienone is 1. The van der Waals surface area contributed by atoms with Gasteiger partial charge < -0.3 is 5.11 Å². The van der Waals surface area contributed by atoms with Gasteiger partial charge in [-0.3, -0.25) is 0 Å². The van der Waals surface area contributed by atoms with E-state index in [1.807, 2.05) is 0 Å². The van der Waals surface area contributed by atoms with E-state index in [2.05, 4.69) is 5.10 Å². The Morgan fingerprint density at radius 2 is 2.62 bits per heavy atom. The number of rotatable bonds is 0. The monoisotopic (exact) mass is 111 g/mol. The van der Waals surface area contributed by atoms with Gasteiger partial charge in [0.25, 0.3) is 0 Å². The van der Waals surface area contributed by atoms with Gasteiger partial charge in [0.1, 0.15) is 6.21 Å². The molecule has 0 bridgehead atoms. The third-order valence-corrected chi connectivity index (χ3v) is 0.894. The van der Waals surface area contributed by atoms with E-state index >= 15 is 0 Å². The molecule has 0 aliphatic carbocycles. The largest absolute Gasteiger partial charge is 0.458 e. The van der Waals surface area contributed by atoms with Crippen molar-refractivity contribution in [2.45, 2.75) is 6.92 Å². The van der Waals surface area contributed by atoms with Crippen LogP contribution in [0.1, 0.15) is 6.92 Å². The number of hydrogen-bond donors (Lipinski definition) is 1. The van der Waals surface area contributed by atoms with Gasteiger partial charge in [-0.25, -0.2) is 0 Å². The van der Waals surface area contributed by atoms with E-state index < -0.39 is 0 Å². The van der Waals surface area contributed by atoms with E-state index in [0.29, 0.717) is 0 Å². The van der Waals surface area contributed by atoms with Gasteiger partial charge >= 0.3 is 5.88 Å². The zero-order valence-electron chi connectivity index (χ0n) is 4.57. The molecule has 1 heterocycles. The van der Waals surface area contributed by atoms with Crippen LogP contribution in [0.2, 0.25) is 0 Å². The van der Waals surface area contributed by atoms with Gasteiger partial charge in [-0.05, 0) is 4.68 Å². The Balaban J connectivity index is 2.88. The summed E-state index contributed by atoms with van der Waals surface area (Å²) >= 11 is 0. The fourth-order valence-electron chi connectivity index (χ4n) is 0.506. The molecule has 3 heteroatoms. The highest BCUT2D eigenvalue weighted by molar-refractivity contribution is 5.72. The first-order chi connectivity index (χ1) is 3.84. The van der Waals surface area contributed by atoms with Crippen molar-refractivity contribution in [3.8, 4) is 0 Å². The molecule has 0 fully saturated rings. The summed E-state index contributed by atoms with van der Waals surface area (Å²) in [5.74, 6) is 0.174. The molecule has 0 spiro atoms. The van der Waals surface area contributed by atoms with Crippen molar-refractivity contribution in [3.63, 3.8) is 0 Å². The molecule has 0 amide bonds. The van der Waals surface area contributed by atoms with Crippen LogP contribution < -0.4 is 0 Å². The maximum absolute atomic E-state index is 8.82. The summed E-state index contributed by atoms with van der Waals surface area (Å²) in [6.07, 6.45) is 4.74. The van der Waals surface area contributed by atoms with Gasteiger partial charge in [0.05, 0.1) is 6.08 Å². The molecule has 1 N–H and O–H groups in total. The highest BCUT2D eigenvalue weighted by Gasteiger charge is 2.11. The van der Waals surface area contributed by atoms with Crippen LogP contribution in [0.4, 0.5) is 0 Å². The molecule has 0 aromatic carbocycles. The second-order valence-corrected chi connectivity index (χ2v) is 1.39. The summed E-state index contributed by atoms with van der Waals surface area (Å²) in [4.78, 5) is 0. The highest BCUT2D eigenvalue weighted by Crippen LogP contribution is 1.95. The molecule has 3 nitrogen and oxygen atoms in total. The summed E-state index contributed by atoms with van der Waals surface area (Å²) in [5.41, 5.74) is 0. The first kappa shape index (κ1) is 5.03. The fourth-order valence-corrected chi connectivity index (χ4v) is 0.506. The predicted molar refractivity (Wildman–Crippen MR) is 31.2 cm³/mol. The number of nitrogens with zero attached hydrogens (tertiary/aromatic N) is 2. The first-order valence-electron chi connectivity index (χ1n) is 2.36. The highest BCUT2D eigenvalue weighted by atomic mass is 16.3. The second kappa shape index (κ2) is 1.78. The topological polar surface area (TPSA) is 35.6 Å². The van der Waals surface area contributed by atoms with E-state index in [-0.39, 0.29) is 5.88 Å². The standard InChI is InChI=1S/C5H6N2O/c1-2-7-5(8)3-4-6-7/h2-4H,1H3/p+1/b7-2-. The fraction of sp³-hybridized carbons (Fsp3) is 0.200. The Bertz CT molecular complexity index is 179. The molecule has 0 aromatic heterocycles. The Morgan fingerprint density at radius 3 is 2.88 bits per heavy atom. The summed E-state index contributed by atoms with van der Waals surface area (Å²) in [7, 11) is 0. The number of aliphatic hydroxyl groups is 1. The van der Waals surface area contributed by atoms with Gasteiger partial charge in [-0.2, -0.15) is 0 Å². The quantitative estimate of drug-likeness (QED) is 0.453. The Morgan fingerprint density at radius 1 is 1.88 bits per heavy atom. The van der Waals surface area contributed by atoms with Crippen molar-refractivity contribution in [1.29, 1.82) is 0 Å². The van der Waals surface area contributed by atoms with E-state index in [0.717, 1.165) is 0 Å². The molecular formula is C5H7N2O+. The molecule has 0 saturated heterocycles. The van der Waals surface area contributed by atoms with Crippen LogP contribution in [0.3, 0.4) is 0 Å². The maximum atomic E-state index is 8.82. The van der Waals surface area contributed by atoms with Crippen LogP contribution in [-0.4, -0.2) is 22.2 Å². The van der Waals surface area contributed by atoms with Gasteiger partial charge in [-0.15, -0.1) is 0 Å². The lowest BCUT2D eigenvalue weighted by atomic mass is 10.6. The van der Waals surface area contributed by atoms with Crippen LogP contribution in [0.5, 0.6) is 0 Å². The van der Waals surface area contributed by atoms with E-state index in [1.165, 1.54) is 17.0 Å². The van der Waals surface area contributed by atoms with Gasteiger partial charge in [0.15, 0.2) is 6.21 Å². The molecule has 42 valence electrons. The summed E-state index contributed by atoms with van der Waals surface area (Å²) < 4.78 is 1.39. The van der Waals surface area contributed by atoms with Crippen LogP contribution in [0, 0.1) is 0 Å². The molecule has 1 rings (SSSR count). The van der Waals surface area contributed by atoms with Gasteiger partial charge in [0.2, 0.25) is 0 Å². The molecular weight excluding hydrogens is 104 g/mol. The third kappa shape index (κ3) is 0.621. The summed E-state index contributed by atoms with van der Waals surface area (Å²) in [6.45, 7) is 1.80. The number of aliphatic hydroxyl groups excluding tert-OH is 1. The predicted octanol–water partition coefficient (Wildman–Crippen LogP) is 0.488. The average Bonchev–Trinajstić information content (AvgIpc) is 2.14. The van der Waals surface area contributed by atoms with Crippen molar-refractivity contribution in [3.05, 3.63) is 12.0 Å². The number of hydrogen-bond acceptors (Lipinski definition) is 2. The summed E-state index contributed by atoms with van der Waals surface area (Å²) in [6, 6.07) is 0. The van der Waals surface area contributed by atoms with Crippen molar-refractivity contribution >= 4 is 12.4 Å². The molecule has 0 unspecified atom stereocenters. The minimum Gasteiger partial charge on any atom is -0.458 e. The van der Waals surface area contributed by atoms with Crippen molar-refractivity contribution in [2.75, 3.05) is 0 Å². The minimum atomic E-state index is 0.174. The minimum absolute atomic E-state index is 0.174. The zero-order valence-corrected chi connectivity index (χ0v) is 4.57. The van der Waals surface area contributed by atoms with Gasteiger partial charge in [-0.1, -0.05) is 0 Å². The molecule has 0 radical (unpaired) electrons. The lowest BCUT2D eigenvalue weighted by molar-refractivity contribution is -0.502. The van der Waals surface area contributed by atoms with E-state index in [9.17, 15) is 0 Å². The lowest BCUT2D eigenvalue weighted by Gasteiger charge is -1.79. The molecule has 0 aromatic rings. The van der Waals surface area contributed by atoms with Crippen molar-refractivity contribution in [2.24, 2.45) is 5.10 Å². The normalized spacial score (nSPS) is 22.1. The molecule has 8 heavy (non-hydrogen) atoms. The summed E-state index contributed by atoms with van der Waals surface area (Å²) in [5, 5.41) is 12.6. The lowest BCUT2D eigenvalue weighted by Crippen LogP contribution is -1.98. The first-order valence-corrected chi connectivity index (χ1v) is 2.36. The number of hydrazone groups is 1. The smallest absolute Gasteiger partial charge is 0.398 e. The molecule has 0 atom stereocenters. The second-order valence-electron chi connectivity index (χ2n) is 1.39. The Labute approximate surface area is 47.3 Å². The van der Waals surface area contributed by atoms with E-state index in [4.69, 9.17) is 5.11 Å². The van der Waals surface area contributed by atoms with Crippen LogP contribution in [0.25, 0.3) is 0 Å². The molecule has 0 saturated carbocycles. The van der Waals surface area contributed by atoms with Crippen LogP contribution in [0.15, 0.2) is 17.1 Å². The third-order valence-electron chi connectivity index (χ3n) is 0.894. The van der Waals surface area contributed by atoms with Crippen LogP contribution >= 0.6 is 0 Å². The maximum Gasteiger partial charge on any atom is 0.398 e.